The lowest BCUT2D eigenvalue weighted by Crippen LogP contribution is -2.08. The van der Waals surface area contributed by atoms with Gasteiger partial charge in [-0.25, -0.2) is 0 Å². The second kappa shape index (κ2) is 7.47. The molecule has 2 aromatic heterocycles. The predicted octanol–water partition coefficient (Wildman–Crippen LogP) is 4.35. The number of hydrogen-bond acceptors (Lipinski definition) is 6. The molecule has 0 aliphatic heterocycles. The van der Waals surface area contributed by atoms with Crippen molar-refractivity contribution in [3.8, 4) is 10.6 Å². The van der Waals surface area contributed by atoms with E-state index in [2.05, 4.69) is 63.6 Å². The van der Waals surface area contributed by atoms with E-state index in [4.69, 9.17) is 5.10 Å². The zero-order valence-electron chi connectivity index (χ0n) is 14.7. The van der Waals surface area contributed by atoms with Crippen molar-refractivity contribution < 1.29 is 0 Å². The zero-order valence-corrected chi connectivity index (χ0v) is 16.3. The number of hydrogen-bond donors (Lipinski definition) is 0. The fourth-order valence-electron chi connectivity index (χ4n) is 2.62. The largest absolute Gasteiger partial charge is 0.378 e. The van der Waals surface area contributed by atoms with Crippen molar-refractivity contribution in [2.45, 2.75) is 11.5 Å². The molecule has 132 valence electrons. The first-order valence-corrected chi connectivity index (χ1v) is 10.3. The average molecular weight is 382 g/mol. The molecule has 0 amide bonds. The van der Waals surface area contributed by atoms with Crippen molar-refractivity contribution in [2.75, 3.05) is 19.0 Å². The Kier molecular flexibility index (Phi) is 4.90. The summed E-state index contributed by atoms with van der Waals surface area (Å²) in [5, 5.41) is 14.3. The molecule has 0 saturated carbocycles. The van der Waals surface area contributed by atoms with Crippen molar-refractivity contribution in [1.29, 1.82) is 0 Å². The van der Waals surface area contributed by atoms with E-state index < -0.39 is 0 Å². The molecule has 0 saturated heterocycles. The van der Waals surface area contributed by atoms with Gasteiger partial charge in [-0.15, -0.1) is 22.0 Å². The molecule has 2 heterocycles. The summed E-state index contributed by atoms with van der Waals surface area (Å²) in [6, 6.07) is 18.9. The quantitative estimate of drug-likeness (QED) is 0.497. The Morgan fingerprint density at radius 1 is 1.00 bits per heavy atom. The highest BCUT2D eigenvalue weighted by molar-refractivity contribution is 7.97. The van der Waals surface area contributed by atoms with Gasteiger partial charge >= 0.3 is 0 Å². The maximum atomic E-state index is 4.75. The molecular weight excluding hydrogens is 362 g/mol. The van der Waals surface area contributed by atoms with Crippen LogP contribution in [-0.4, -0.2) is 33.9 Å². The Balaban J connectivity index is 1.52. The van der Waals surface area contributed by atoms with Crippen LogP contribution in [0.4, 0.5) is 5.69 Å². The van der Waals surface area contributed by atoms with Gasteiger partial charge in [-0.1, -0.05) is 53.8 Å². The highest BCUT2D eigenvalue weighted by atomic mass is 32.2. The van der Waals surface area contributed by atoms with Crippen molar-refractivity contribution in [3.05, 3.63) is 66.0 Å². The highest BCUT2D eigenvalue weighted by Crippen LogP contribution is 2.28. The third-order valence-electron chi connectivity index (χ3n) is 4.01. The highest BCUT2D eigenvalue weighted by Gasteiger charge is 2.13. The van der Waals surface area contributed by atoms with Crippen LogP contribution in [0.2, 0.25) is 0 Å². The molecule has 2 aromatic carbocycles. The topological polar surface area (TPSA) is 46.3 Å². The molecule has 0 unspecified atom stereocenters. The zero-order chi connectivity index (χ0) is 17.9. The number of anilines is 1. The van der Waals surface area contributed by atoms with E-state index in [1.807, 2.05) is 36.4 Å². The van der Waals surface area contributed by atoms with Crippen LogP contribution in [0.15, 0.2) is 54.6 Å². The number of nitrogens with zero attached hydrogens (tertiary/aromatic N) is 5. The smallest absolute Gasteiger partial charge is 0.235 e. The Morgan fingerprint density at radius 3 is 2.65 bits per heavy atom. The molecule has 7 heteroatoms. The van der Waals surface area contributed by atoms with Crippen molar-refractivity contribution in [3.63, 3.8) is 0 Å². The van der Waals surface area contributed by atoms with Crippen LogP contribution in [0.5, 0.6) is 0 Å². The Hall–Kier alpha value is -2.38. The molecule has 0 spiro atoms. The van der Waals surface area contributed by atoms with Gasteiger partial charge in [-0.05, 0) is 17.7 Å². The Morgan fingerprint density at radius 2 is 1.85 bits per heavy atom. The van der Waals surface area contributed by atoms with Gasteiger partial charge in [0.1, 0.15) is 5.01 Å². The van der Waals surface area contributed by atoms with Gasteiger partial charge < -0.3 is 4.90 Å². The van der Waals surface area contributed by atoms with Crippen LogP contribution >= 0.6 is 23.1 Å². The van der Waals surface area contributed by atoms with E-state index in [1.54, 1.807) is 11.3 Å². The molecule has 0 fully saturated rings. The van der Waals surface area contributed by atoms with E-state index in [0.29, 0.717) is 0 Å². The maximum absolute atomic E-state index is 4.75. The summed E-state index contributed by atoms with van der Waals surface area (Å²) in [6.45, 7) is 0. The average Bonchev–Trinajstić information content (AvgIpc) is 3.24. The molecule has 0 N–H and O–H groups in total. The van der Waals surface area contributed by atoms with Crippen LogP contribution in [0.25, 0.3) is 15.5 Å². The summed E-state index contributed by atoms with van der Waals surface area (Å²) >= 11 is 3.40. The summed E-state index contributed by atoms with van der Waals surface area (Å²) in [4.78, 5) is 2.93. The van der Waals surface area contributed by atoms with Crippen molar-refractivity contribution in [2.24, 2.45) is 0 Å². The fourth-order valence-corrected chi connectivity index (χ4v) is 4.36. The van der Waals surface area contributed by atoms with Crippen LogP contribution in [0, 0.1) is 0 Å². The second-order valence-electron chi connectivity index (χ2n) is 6.14. The minimum atomic E-state index is 0.789. The molecule has 0 aliphatic carbocycles. The van der Waals surface area contributed by atoms with Crippen LogP contribution in [0.3, 0.4) is 0 Å². The normalized spacial score (nSPS) is 11.2. The molecule has 4 aromatic rings. The molecule has 0 bridgehead atoms. The summed E-state index contributed by atoms with van der Waals surface area (Å²) in [7, 11) is 4.08. The Labute approximate surface area is 160 Å². The first kappa shape index (κ1) is 17.1. The lowest BCUT2D eigenvalue weighted by molar-refractivity contribution is 0.887. The number of aromatic nitrogens is 4. The van der Waals surface area contributed by atoms with Gasteiger partial charge in [-0.3, -0.25) is 0 Å². The molecule has 5 nitrogen and oxygen atoms in total. The van der Waals surface area contributed by atoms with Gasteiger partial charge in [0.05, 0.1) is 5.75 Å². The summed E-state index contributed by atoms with van der Waals surface area (Å²) < 4.78 is 1.88. The van der Waals surface area contributed by atoms with Crippen LogP contribution < -0.4 is 4.90 Å². The molecule has 26 heavy (non-hydrogen) atoms. The summed E-state index contributed by atoms with van der Waals surface area (Å²) in [6.07, 6.45) is 0. The minimum absolute atomic E-state index is 0.789. The summed E-state index contributed by atoms with van der Waals surface area (Å²) in [5.74, 6) is 2.64. The fraction of sp³-hybridized carbons (Fsp3) is 0.211. The van der Waals surface area contributed by atoms with Crippen LogP contribution in [-0.2, 0) is 11.5 Å². The molecule has 0 radical (unpaired) electrons. The van der Waals surface area contributed by atoms with E-state index in [-0.39, 0.29) is 0 Å². The lowest BCUT2D eigenvalue weighted by Gasteiger charge is -2.12. The number of benzene rings is 2. The van der Waals surface area contributed by atoms with Gasteiger partial charge in [0.2, 0.25) is 4.96 Å². The molecular formula is C19H19N5S2. The Bertz CT molecular complexity index is 1010. The first-order chi connectivity index (χ1) is 12.7. The second-order valence-corrected chi connectivity index (χ2v) is 8.08. The monoisotopic (exact) mass is 381 g/mol. The van der Waals surface area contributed by atoms with E-state index in [1.165, 1.54) is 5.56 Å². The van der Waals surface area contributed by atoms with Gasteiger partial charge in [0.25, 0.3) is 0 Å². The third-order valence-corrected chi connectivity index (χ3v) is 5.96. The van der Waals surface area contributed by atoms with Gasteiger partial charge in [-0.2, -0.15) is 9.61 Å². The SMILES string of the molecule is CN(C)c1cccc(-c2nn3c(CSCc4ccccc4)nnc3s2)c1. The van der Waals surface area contributed by atoms with Crippen molar-refractivity contribution in [1.82, 2.24) is 19.8 Å². The standard InChI is InChI=1S/C19H19N5S2/c1-23(2)16-10-6-9-15(11-16)18-22-24-17(20-21-19(24)26-18)13-25-12-14-7-4-3-5-8-14/h3-11H,12-13H2,1-2H3. The number of fused-ring (bicyclic) bond motifs is 1. The predicted molar refractivity (Wildman–Crippen MR) is 110 cm³/mol. The van der Waals surface area contributed by atoms with E-state index >= 15 is 0 Å². The van der Waals surface area contributed by atoms with Crippen molar-refractivity contribution >= 4 is 33.7 Å². The minimum Gasteiger partial charge on any atom is -0.378 e. The van der Waals surface area contributed by atoms with Gasteiger partial charge in [0.15, 0.2) is 5.82 Å². The van der Waals surface area contributed by atoms with Crippen LogP contribution in [0.1, 0.15) is 11.4 Å². The third kappa shape index (κ3) is 3.59. The maximum Gasteiger partial charge on any atom is 0.235 e. The van der Waals surface area contributed by atoms with E-state index in [9.17, 15) is 0 Å². The number of rotatable bonds is 6. The summed E-state index contributed by atoms with van der Waals surface area (Å²) in [5.41, 5.74) is 3.58. The van der Waals surface area contributed by atoms with Gasteiger partial charge in [0, 0.05) is 31.1 Å². The molecule has 0 aliphatic rings. The van der Waals surface area contributed by atoms with E-state index in [0.717, 1.165) is 38.5 Å². The molecule has 4 rings (SSSR count). The molecule has 0 atom stereocenters. The lowest BCUT2D eigenvalue weighted by atomic mass is 10.2. The number of thioether (sulfide) groups is 1. The first-order valence-electron chi connectivity index (χ1n) is 8.31.